The highest BCUT2D eigenvalue weighted by Crippen LogP contribution is 2.26. The Balaban J connectivity index is 2.00. The minimum atomic E-state index is 0.369. The molecule has 0 saturated carbocycles. The second-order valence-corrected chi connectivity index (χ2v) is 5.60. The molecule has 2 rings (SSSR count). The molecule has 0 amide bonds. The van der Waals surface area contributed by atoms with Crippen LogP contribution in [-0.4, -0.2) is 4.99 Å². The van der Waals surface area contributed by atoms with Crippen molar-refractivity contribution in [2.45, 2.75) is 13.0 Å². The maximum absolute atomic E-state index is 6.10. The van der Waals surface area contributed by atoms with Crippen LogP contribution in [-0.2, 0) is 13.0 Å². The molecule has 2 nitrogen and oxygen atoms in total. The Kier molecular flexibility index (Phi) is 5.24. The fourth-order valence-corrected chi connectivity index (χ4v) is 2.27. The van der Waals surface area contributed by atoms with Crippen LogP contribution in [0, 0.1) is 0 Å². The monoisotopic (exact) mass is 325 g/mol. The molecule has 0 aliphatic rings. The number of hydrogen-bond acceptors (Lipinski definition) is 2. The zero-order valence-corrected chi connectivity index (χ0v) is 12.9. The van der Waals surface area contributed by atoms with E-state index < -0.39 is 0 Å². The summed E-state index contributed by atoms with van der Waals surface area (Å²) in [4.78, 5) is 0.476. The van der Waals surface area contributed by atoms with E-state index in [4.69, 9.17) is 45.9 Å². The van der Waals surface area contributed by atoms with Crippen molar-refractivity contribution in [2.75, 3.05) is 0 Å². The van der Waals surface area contributed by atoms with Crippen LogP contribution in [0.5, 0.6) is 5.75 Å². The summed E-state index contributed by atoms with van der Waals surface area (Å²) >= 11 is 16.9. The second kappa shape index (κ2) is 6.93. The van der Waals surface area contributed by atoms with E-state index in [9.17, 15) is 0 Å². The van der Waals surface area contributed by atoms with E-state index in [-0.39, 0.29) is 0 Å². The zero-order valence-electron chi connectivity index (χ0n) is 10.6. The van der Waals surface area contributed by atoms with Crippen molar-refractivity contribution >= 4 is 40.4 Å². The van der Waals surface area contributed by atoms with Crippen LogP contribution in [0.1, 0.15) is 11.1 Å². The first-order chi connectivity index (χ1) is 9.56. The quantitative estimate of drug-likeness (QED) is 0.827. The molecule has 0 aliphatic carbocycles. The lowest BCUT2D eigenvalue weighted by Crippen LogP contribution is -2.10. The Hall–Kier alpha value is -1.29. The lowest BCUT2D eigenvalue weighted by Gasteiger charge is -2.09. The normalized spacial score (nSPS) is 10.3. The molecular formula is C15H13Cl2NOS. The molecule has 0 saturated heterocycles. The average molecular weight is 326 g/mol. The molecule has 0 aromatic heterocycles. The number of hydrogen-bond donors (Lipinski definition) is 1. The smallest absolute Gasteiger partial charge is 0.119 e. The summed E-state index contributed by atoms with van der Waals surface area (Å²) in [5, 5.41) is 1.05. The van der Waals surface area contributed by atoms with E-state index in [1.807, 2.05) is 36.4 Å². The maximum atomic E-state index is 6.10. The van der Waals surface area contributed by atoms with E-state index in [0.29, 0.717) is 28.1 Å². The van der Waals surface area contributed by atoms with Gasteiger partial charge in [-0.15, -0.1) is 0 Å². The van der Waals surface area contributed by atoms with E-state index in [0.717, 1.165) is 16.9 Å². The molecule has 104 valence electrons. The van der Waals surface area contributed by atoms with Crippen molar-refractivity contribution in [3.8, 4) is 5.75 Å². The van der Waals surface area contributed by atoms with Crippen LogP contribution >= 0.6 is 35.4 Å². The number of thiocarbonyl (C=S) groups is 1. The van der Waals surface area contributed by atoms with Gasteiger partial charge in [-0.05, 0) is 23.8 Å². The molecule has 0 bridgehead atoms. The first kappa shape index (κ1) is 15.1. The molecule has 0 heterocycles. The third-order valence-corrected chi connectivity index (χ3v) is 3.73. The molecule has 20 heavy (non-hydrogen) atoms. The molecule has 2 aromatic rings. The van der Waals surface area contributed by atoms with Gasteiger partial charge in [-0.1, -0.05) is 59.7 Å². The topological polar surface area (TPSA) is 35.2 Å². The molecule has 5 heteroatoms. The molecular weight excluding hydrogens is 313 g/mol. The molecule has 0 atom stereocenters. The van der Waals surface area contributed by atoms with Gasteiger partial charge in [0.15, 0.2) is 0 Å². The van der Waals surface area contributed by atoms with Gasteiger partial charge in [0.1, 0.15) is 12.4 Å². The minimum Gasteiger partial charge on any atom is -0.489 e. The SMILES string of the molecule is NC(=S)Cc1ccc(OCc2cccc(Cl)c2Cl)cc1. The van der Waals surface area contributed by atoms with Gasteiger partial charge in [0, 0.05) is 12.0 Å². The van der Waals surface area contributed by atoms with Crippen molar-refractivity contribution < 1.29 is 4.74 Å². The van der Waals surface area contributed by atoms with Gasteiger partial charge in [0.25, 0.3) is 0 Å². The number of nitrogens with two attached hydrogens (primary N) is 1. The Morgan fingerprint density at radius 2 is 1.80 bits per heavy atom. The van der Waals surface area contributed by atoms with Gasteiger partial charge in [0.2, 0.25) is 0 Å². The summed E-state index contributed by atoms with van der Waals surface area (Å²) in [6.45, 7) is 0.369. The fraction of sp³-hybridized carbons (Fsp3) is 0.133. The summed E-state index contributed by atoms with van der Waals surface area (Å²) in [6.07, 6.45) is 0.593. The van der Waals surface area contributed by atoms with Crippen molar-refractivity contribution in [3.63, 3.8) is 0 Å². The van der Waals surface area contributed by atoms with E-state index in [2.05, 4.69) is 0 Å². The lowest BCUT2D eigenvalue weighted by atomic mass is 10.1. The highest BCUT2D eigenvalue weighted by molar-refractivity contribution is 7.80. The third kappa shape index (κ3) is 4.10. The predicted octanol–water partition coefficient (Wildman–Crippen LogP) is 4.40. The molecule has 0 spiro atoms. The van der Waals surface area contributed by atoms with Crippen molar-refractivity contribution in [1.29, 1.82) is 0 Å². The summed E-state index contributed by atoms with van der Waals surface area (Å²) < 4.78 is 5.68. The molecule has 0 unspecified atom stereocenters. The Morgan fingerprint density at radius 1 is 1.10 bits per heavy atom. The summed E-state index contributed by atoms with van der Waals surface area (Å²) in [5.41, 5.74) is 7.41. The maximum Gasteiger partial charge on any atom is 0.119 e. The number of ether oxygens (including phenoxy) is 1. The Morgan fingerprint density at radius 3 is 2.45 bits per heavy atom. The van der Waals surface area contributed by atoms with Gasteiger partial charge >= 0.3 is 0 Å². The van der Waals surface area contributed by atoms with Gasteiger partial charge in [-0.3, -0.25) is 0 Å². The van der Waals surface area contributed by atoms with Crippen LogP contribution in [0.3, 0.4) is 0 Å². The van der Waals surface area contributed by atoms with Crippen LogP contribution in [0.25, 0.3) is 0 Å². The molecule has 2 aromatic carbocycles. The standard InChI is InChI=1S/C15H13Cl2NOS/c16-13-3-1-2-11(15(13)17)9-19-12-6-4-10(5-7-12)8-14(18)20/h1-7H,8-9H2,(H2,18,20). The van der Waals surface area contributed by atoms with Gasteiger partial charge in [0.05, 0.1) is 15.0 Å². The van der Waals surface area contributed by atoms with Gasteiger partial charge in [-0.2, -0.15) is 0 Å². The van der Waals surface area contributed by atoms with E-state index in [1.165, 1.54) is 0 Å². The van der Waals surface area contributed by atoms with E-state index in [1.54, 1.807) is 6.07 Å². The lowest BCUT2D eigenvalue weighted by molar-refractivity contribution is 0.306. The largest absolute Gasteiger partial charge is 0.489 e. The average Bonchev–Trinajstić information content (AvgIpc) is 2.41. The molecule has 2 N–H and O–H groups in total. The van der Waals surface area contributed by atoms with Gasteiger partial charge < -0.3 is 10.5 Å². The number of rotatable bonds is 5. The first-order valence-corrected chi connectivity index (χ1v) is 7.15. The highest BCUT2D eigenvalue weighted by atomic mass is 35.5. The summed E-state index contributed by atoms with van der Waals surface area (Å²) in [7, 11) is 0. The van der Waals surface area contributed by atoms with Crippen LogP contribution in [0.4, 0.5) is 0 Å². The Bertz CT molecular complexity index is 614. The van der Waals surface area contributed by atoms with Crippen molar-refractivity contribution in [2.24, 2.45) is 5.73 Å². The predicted molar refractivity (Wildman–Crippen MR) is 87.7 cm³/mol. The summed E-state index contributed by atoms with van der Waals surface area (Å²) in [5.74, 6) is 0.757. The van der Waals surface area contributed by atoms with Crippen molar-refractivity contribution in [1.82, 2.24) is 0 Å². The first-order valence-electron chi connectivity index (χ1n) is 5.99. The fourth-order valence-electron chi connectivity index (χ4n) is 1.73. The molecule has 0 aliphatic heterocycles. The zero-order chi connectivity index (χ0) is 14.5. The van der Waals surface area contributed by atoms with Crippen molar-refractivity contribution in [3.05, 3.63) is 63.6 Å². The Labute approximate surface area is 133 Å². The highest BCUT2D eigenvalue weighted by Gasteiger charge is 2.05. The van der Waals surface area contributed by atoms with Gasteiger partial charge in [-0.25, -0.2) is 0 Å². The van der Waals surface area contributed by atoms with Crippen LogP contribution < -0.4 is 10.5 Å². The van der Waals surface area contributed by atoms with Crippen LogP contribution in [0.2, 0.25) is 10.0 Å². The number of halogens is 2. The van der Waals surface area contributed by atoms with Crippen LogP contribution in [0.15, 0.2) is 42.5 Å². The second-order valence-electron chi connectivity index (χ2n) is 4.29. The minimum absolute atomic E-state index is 0.369. The molecule has 0 fully saturated rings. The van der Waals surface area contributed by atoms with E-state index >= 15 is 0 Å². The summed E-state index contributed by atoms with van der Waals surface area (Å²) in [6, 6.07) is 13.1. The third-order valence-electron chi connectivity index (χ3n) is 2.73. The number of benzene rings is 2. The molecule has 0 radical (unpaired) electrons.